The number of aliphatic carboxylic acids is 2. The van der Waals surface area contributed by atoms with E-state index in [0.29, 0.717) is 24.8 Å². The van der Waals surface area contributed by atoms with Crippen molar-refractivity contribution in [2.24, 2.45) is 11.8 Å². The van der Waals surface area contributed by atoms with E-state index in [1.807, 2.05) is 0 Å². The highest BCUT2D eigenvalue weighted by Crippen LogP contribution is 2.40. The number of rotatable bonds is 5. The Hall–Kier alpha value is -3.39. The molecular weight excluding hydrogens is 412 g/mol. The van der Waals surface area contributed by atoms with E-state index < -0.39 is 11.9 Å². The molecule has 8 heteroatoms. The van der Waals surface area contributed by atoms with Gasteiger partial charge in [0.25, 0.3) is 0 Å². The van der Waals surface area contributed by atoms with Gasteiger partial charge in [-0.15, -0.1) is 0 Å². The van der Waals surface area contributed by atoms with Gasteiger partial charge >= 0.3 is 17.9 Å². The molecule has 32 heavy (non-hydrogen) atoms. The highest BCUT2D eigenvalue weighted by Gasteiger charge is 2.35. The van der Waals surface area contributed by atoms with Crippen LogP contribution >= 0.6 is 0 Å². The lowest BCUT2D eigenvalue weighted by Crippen LogP contribution is -2.43. The number of carbonyl (C=O) groups is 3. The molecule has 2 atom stereocenters. The van der Waals surface area contributed by atoms with E-state index in [9.17, 15) is 14.4 Å². The Morgan fingerprint density at radius 3 is 2.56 bits per heavy atom. The third kappa shape index (κ3) is 4.75. The monoisotopic (exact) mass is 438 g/mol. The lowest BCUT2D eigenvalue weighted by Gasteiger charge is -2.39. The number of esters is 1. The number of hydrogen-bond donors (Lipinski definition) is 3. The minimum atomic E-state index is -1.26. The molecule has 1 aliphatic heterocycles. The quantitative estimate of drug-likeness (QED) is 0.485. The van der Waals surface area contributed by atoms with Gasteiger partial charge in [-0.05, 0) is 49.1 Å². The lowest BCUT2D eigenvalue weighted by molar-refractivity contribution is -0.146. The molecular formula is C24H26N2O6. The van der Waals surface area contributed by atoms with Crippen molar-refractivity contribution in [3.8, 4) is 0 Å². The smallest absolute Gasteiger partial charge is 0.328 e. The molecule has 5 rings (SSSR count). The summed E-state index contributed by atoms with van der Waals surface area (Å²) < 4.78 is 5.54. The van der Waals surface area contributed by atoms with Crippen LogP contribution in [-0.4, -0.2) is 64.2 Å². The van der Waals surface area contributed by atoms with E-state index in [-0.39, 0.29) is 17.8 Å². The second-order valence-electron chi connectivity index (χ2n) is 8.50. The number of fused-ring (bicyclic) bond motifs is 2. The van der Waals surface area contributed by atoms with Gasteiger partial charge in [0.2, 0.25) is 0 Å². The first-order valence-corrected chi connectivity index (χ1v) is 10.7. The summed E-state index contributed by atoms with van der Waals surface area (Å²) in [4.78, 5) is 36.8. The number of H-pyrrole nitrogens is 1. The predicted molar refractivity (Wildman–Crippen MR) is 118 cm³/mol. The summed E-state index contributed by atoms with van der Waals surface area (Å²) in [5.41, 5.74) is 5.36. The molecule has 0 saturated heterocycles. The van der Waals surface area contributed by atoms with Crippen molar-refractivity contribution >= 4 is 34.4 Å². The zero-order valence-corrected chi connectivity index (χ0v) is 17.8. The van der Waals surface area contributed by atoms with Crippen molar-refractivity contribution in [1.29, 1.82) is 0 Å². The molecule has 3 aliphatic rings. The van der Waals surface area contributed by atoms with Gasteiger partial charge in [0, 0.05) is 47.8 Å². The number of benzene rings is 1. The molecule has 0 amide bonds. The van der Waals surface area contributed by atoms with Crippen molar-refractivity contribution in [2.75, 3.05) is 20.2 Å². The first kappa shape index (κ1) is 21.8. The fourth-order valence-corrected chi connectivity index (χ4v) is 4.42. The Morgan fingerprint density at radius 1 is 1.19 bits per heavy atom. The Balaban J connectivity index is 0.000000265. The molecule has 1 saturated carbocycles. The number of aromatic amines is 1. The molecule has 1 aromatic heterocycles. The molecule has 2 aromatic rings. The summed E-state index contributed by atoms with van der Waals surface area (Å²) in [7, 11) is 2.19. The molecule has 3 N–H and O–H groups in total. The van der Waals surface area contributed by atoms with Gasteiger partial charge in [0.1, 0.15) is 0 Å². The van der Waals surface area contributed by atoms with E-state index in [4.69, 9.17) is 14.9 Å². The largest absolute Gasteiger partial charge is 0.478 e. The molecule has 1 aromatic carbocycles. The molecule has 0 spiro atoms. The van der Waals surface area contributed by atoms with Gasteiger partial charge in [0.05, 0.1) is 12.5 Å². The number of aromatic nitrogens is 1. The summed E-state index contributed by atoms with van der Waals surface area (Å²) in [5.74, 6) is -2.06. The minimum Gasteiger partial charge on any atom is -0.478 e. The molecule has 2 heterocycles. The van der Waals surface area contributed by atoms with Gasteiger partial charge in [0.15, 0.2) is 0 Å². The van der Waals surface area contributed by atoms with E-state index in [0.717, 1.165) is 25.8 Å². The highest BCUT2D eigenvalue weighted by molar-refractivity contribution is 5.98. The molecule has 168 valence electrons. The normalized spacial score (nSPS) is 22.0. The van der Waals surface area contributed by atoms with Crippen molar-refractivity contribution in [1.82, 2.24) is 9.88 Å². The van der Waals surface area contributed by atoms with E-state index in [2.05, 4.69) is 47.4 Å². The number of carboxylic acid groups (broad SMARTS) is 2. The zero-order chi connectivity index (χ0) is 22.8. The van der Waals surface area contributed by atoms with Crippen molar-refractivity contribution < 1.29 is 29.3 Å². The number of nitrogens with zero attached hydrogens (tertiary/aromatic N) is 1. The van der Waals surface area contributed by atoms with Gasteiger partial charge in [-0.2, -0.15) is 0 Å². The predicted octanol–water partition coefficient (Wildman–Crippen LogP) is 2.70. The van der Waals surface area contributed by atoms with Gasteiger partial charge in [-0.3, -0.25) is 9.69 Å². The first-order valence-electron chi connectivity index (χ1n) is 10.7. The minimum absolute atomic E-state index is 0.00292. The summed E-state index contributed by atoms with van der Waals surface area (Å²) in [6.45, 7) is 1.45. The average Bonchev–Trinajstić information content (AvgIpc) is 3.53. The Labute approximate surface area is 185 Å². The molecule has 8 nitrogen and oxygen atoms in total. The topological polar surface area (TPSA) is 120 Å². The molecule has 1 fully saturated rings. The van der Waals surface area contributed by atoms with Gasteiger partial charge in [-0.1, -0.05) is 18.2 Å². The maximum atomic E-state index is 11.8. The zero-order valence-electron chi connectivity index (χ0n) is 17.8. The summed E-state index contributed by atoms with van der Waals surface area (Å²) in [6, 6.07) is 6.92. The van der Waals surface area contributed by atoms with Crippen LogP contribution in [0, 0.1) is 11.8 Å². The number of carbonyl (C=O) groups excluding carboxylic acids is 1. The second kappa shape index (κ2) is 9.00. The second-order valence-corrected chi connectivity index (χ2v) is 8.50. The van der Waals surface area contributed by atoms with Gasteiger partial charge < -0.3 is 19.9 Å². The van der Waals surface area contributed by atoms with Crippen LogP contribution in [0.1, 0.15) is 24.0 Å². The van der Waals surface area contributed by atoms with Crippen LogP contribution in [0.2, 0.25) is 0 Å². The molecule has 0 unspecified atom stereocenters. The number of carboxylic acids is 2. The number of hydrogen-bond acceptors (Lipinski definition) is 5. The molecule has 2 aliphatic carbocycles. The third-order valence-corrected chi connectivity index (χ3v) is 6.06. The fraction of sp³-hybridized carbons (Fsp3) is 0.375. The highest BCUT2D eigenvalue weighted by atomic mass is 16.5. The van der Waals surface area contributed by atoms with Gasteiger partial charge in [-0.25, -0.2) is 9.59 Å². The van der Waals surface area contributed by atoms with Crippen molar-refractivity contribution in [3.63, 3.8) is 0 Å². The molecule has 0 bridgehead atoms. The standard InChI is InChI=1S/C20H22N2O2.C4H4O4/c1-22-10-12(11-24-20(23)13-5-6-13)7-16-15-3-2-4-17-19(15)14(9-21-17)8-18(16)22;5-3(6)1-2-4(7)8/h2-4,7,9,12-13,18,21H,5-6,8,10-11H2,1H3;1-2H,(H,5,6)(H,7,8)/b;2-1-/t12-,18-;/m1./s1. The van der Waals surface area contributed by atoms with E-state index >= 15 is 0 Å². The van der Waals surface area contributed by atoms with E-state index in [1.54, 1.807) is 0 Å². The van der Waals surface area contributed by atoms with Crippen LogP contribution in [0.3, 0.4) is 0 Å². The number of nitrogens with one attached hydrogen (secondary N) is 1. The van der Waals surface area contributed by atoms with Crippen LogP contribution in [0.25, 0.3) is 16.5 Å². The SMILES string of the molecule is CN1C[C@H](COC(=O)C2CC2)C=C2c3cccc4[nH]cc(c34)C[C@H]21.O=C(O)/C=C\C(=O)O. The van der Waals surface area contributed by atoms with Crippen molar-refractivity contribution in [3.05, 3.63) is 53.8 Å². The Morgan fingerprint density at radius 2 is 1.91 bits per heavy atom. The first-order chi connectivity index (χ1) is 15.3. The average molecular weight is 438 g/mol. The maximum absolute atomic E-state index is 11.8. The van der Waals surface area contributed by atoms with Crippen LogP contribution in [-0.2, 0) is 25.5 Å². The van der Waals surface area contributed by atoms with Crippen molar-refractivity contribution in [2.45, 2.75) is 25.3 Å². The van der Waals surface area contributed by atoms with Crippen LogP contribution < -0.4 is 0 Å². The summed E-state index contributed by atoms with van der Waals surface area (Å²) >= 11 is 0. The molecule has 0 radical (unpaired) electrons. The maximum Gasteiger partial charge on any atom is 0.328 e. The fourth-order valence-electron chi connectivity index (χ4n) is 4.42. The van der Waals surface area contributed by atoms with E-state index in [1.165, 1.54) is 27.6 Å². The number of ether oxygens (including phenoxy) is 1. The summed E-state index contributed by atoms with van der Waals surface area (Å²) in [6.07, 6.45) is 8.69. The van der Waals surface area contributed by atoms with Crippen LogP contribution in [0.5, 0.6) is 0 Å². The Bertz CT molecular complexity index is 1090. The van der Waals surface area contributed by atoms with Crippen LogP contribution in [0.4, 0.5) is 0 Å². The lowest BCUT2D eigenvalue weighted by atomic mass is 9.80. The summed E-state index contributed by atoms with van der Waals surface area (Å²) in [5, 5.41) is 17.0. The van der Waals surface area contributed by atoms with Crippen LogP contribution in [0.15, 0.2) is 42.6 Å². The Kier molecular flexibility index (Phi) is 6.14. The third-order valence-electron chi connectivity index (χ3n) is 6.06. The number of likely N-dealkylation sites (N-methyl/N-ethyl adjacent to an activating group) is 1.